The molecule has 0 atom stereocenters. The minimum absolute atomic E-state index is 0.00506. The van der Waals surface area contributed by atoms with Gasteiger partial charge >= 0.3 is 0 Å². The van der Waals surface area contributed by atoms with Crippen molar-refractivity contribution in [3.8, 4) is 5.75 Å². The van der Waals surface area contributed by atoms with Crippen LogP contribution in [0.2, 0.25) is 0 Å². The molecule has 8 heteroatoms. The molecular formula is C21H15F3N2O3. The summed E-state index contributed by atoms with van der Waals surface area (Å²) in [5.74, 6) is -3.89. The van der Waals surface area contributed by atoms with Crippen molar-refractivity contribution < 1.29 is 27.5 Å². The molecule has 3 aromatic carbocycles. The van der Waals surface area contributed by atoms with Crippen LogP contribution in [0.3, 0.4) is 0 Å². The highest BCUT2D eigenvalue weighted by Gasteiger charge is 2.15. The average Bonchev–Trinajstić information content (AvgIpc) is 2.71. The number of nitrogens with one attached hydrogen (secondary N) is 2. The van der Waals surface area contributed by atoms with E-state index >= 15 is 0 Å². The van der Waals surface area contributed by atoms with Crippen molar-refractivity contribution in [2.75, 3.05) is 17.2 Å². The highest BCUT2D eigenvalue weighted by atomic mass is 19.2. The molecule has 0 fully saturated rings. The smallest absolute Gasteiger partial charge is 0.262 e. The number of anilines is 2. The van der Waals surface area contributed by atoms with E-state index in [0.717, 1.165) is 12.1 Å². The third-order valence-corrected chi connectivity index (χ3v) is 3.82. The minimum Gasteiger partial charge on any atom is -0.483 e. The van der Waals surface area contributed by atoms with Gasteiger partial charge in [0.15, 0.2) is 18.2 Å². The fraction of sp³-hybridized carbons (Fsp3) is 0.0476. The second-order valence-corrected chi connectivity index (χ2v) is 5.90. The Kier molecular flexibility index (Phi) is 6.13. The number of para-hydroxylation sites is 2. The highest BCUT2D eigenvalue weighted by molar-refractivity contribution is 6.06. The van der Waals surface area contributed by atoms with Crippen molar-refractivity contribution in [3.05, 3.63) is 89.7 Å². The van der Waals surface area contributed by atoms with Crippen LogP contribution >= 0.6 is 0 Å². The molecule has 0 bridgehead atoms. The van der Waals surface area contributed by atoms with Gasteiger partial charge in [-0.25, -0.2) is 13.2 Å². The summed E-state index contributed by atoms with van der Waals surface area (Å²) < 4.78 is 45.3. The number of hydrogen-bond donors (Lipinski definition) is 2. The lowest BCUT2D eigenvalue weighted by atomic mass is 10.2. The Morgan fingerprint density at radius 1 is 0.793 bits per heavy atom. The van der Waals surface area contributed by atoms with E-state index in [9.17, 15) is 22.8 Å². The fourth-order valence-corrected chi connectivity index (χ4v) is 2.44. The molecule has 5 nitrogen and oxygen atoms in total. The van der Waals surface area contributed by atoms with Crippen LogP contribution < -0.4 is 15.4 Å². The zero-order valence-corrected chi connectivity index (χ0v) is 14.9. The van der Waals surface area contributed by atoms with E-state index in [0.29, 0.717) is 0 Å². The normalized spacial score (nSPS) is 10.3. The number of halogens is 3. The van der Waals surface area contributed by atoms with Gasteiger partial charge in [0.25, 0.3) is 11.8 Å². The Hall–Kier alpha value is -3.81. The summed E-state index contributed by atoms with van der Waals surface area (Å²) in [5.41, 5.74) is 0.141. The topological polar surface area (TPSA) is 67.4 Å². The van der Waals surface area contributed by atoms with Crippen LogP contribution in [0.5, 0.6) is 5.75 Å². The fourth-order valence-electron chi connectivity index (χ4n) is 2.44. The predicted octanol–water partition coefficient (Wildman–Crippen LogP) is 4.37. The molecule has 3 rings (SSSR count). The molecule has 0 aliphatic carbocycles. The van der Waals surface area contributed by atoms with Gasteiger partial charge in [-0.1, -0.05) is 24.3 Å². The molecule has 0 aliphatic rings. The SMILES string of the molecule is O=C(COc1ccccc1C(=O)Nc1ccc(F)c(F)c1)Nc1ccccc1F. The summed E-state index contributed by atoms with van der Waals surface area (Å²) in [6.45, 7) is -0.468. The van der Waals surface area contributed by atoms with Crippen molar-refractivity contribution in [2.45, 2.75) is 0 Å². The molecule has 3 aromatic rings. The number of hydrogen-bond acceptors (Lipinski definition) is 3. The molecule has 0 radical (unpaired) electrons. The third kappa shape index (κ3) is 5.13. The maximum Gasteiger partial charge on any atom is 0.262 e. The largest absolute Gasteiger partial charge is 0.483 e. The van der Waals surface area contributed by atoms with E-state index in [1.54, 1.807) is 18.2 Å². The van der Waals surface area contributed by atoms with Gasteiger partial charge in [0.1, 0.15) is 11.6 Å². The summed E-state index contributed by atoms with van der Waals surface area (Å²) in [5, 5.41) is 4.79. The second-order valence-electron chi connectivity index (χ2n) is 5.90. The van der Waals surface area contributed by atoms with E-state index in [1.807, 2.05) is 0 Å². The quantitative estimate of drug-likeness (QED) is 0.646. The summed E-state index contributed by atoms with van der Waals surface area (Å²) >= 11 is 0. The number of carbonyl (C=O) groups excluding carboxylic acids is 2. The number of carbonyl (C=O) groups is 2. The average molecular weight is 400 g/mol. The number of amides is 2. The highest BCUT2D eigenvalue weighted by Crippen LogP contribution is 2.21. The van der Waals surface area contributed by atoms with Gasteiger partial charge in [0, 0.05) is 11.8 Å². The number of ether oxygens (including phenoxy) is 1. The Morgan fingerprint density at radius 3 is 2.28 bits per heavy atom. The van der Waals surface area contributed by atoms with Gasteiger partial charge in [0.05, 0.1) is 11.3 Å². The van der Waals surface area contributed by atoms with Crippen molar-refractivity contribution in [1.82, 2.24) is 0 Å². The van der Waals surface area contributed by atoms with Crippen LogP contribution in [0.25, 0.3) is 0 Å². The van der Waals surface area contributed by atoms with E-state index < -0.39 is 35.9 Å². The second kappa shape index (κ2) is 8.92. The predicted molar refractivity (Wildman–Crippen MR) is 101 cm³/mol. The molecule has 29 heavy (non-hydrogen) atoms. The van der Waals surface area contributed by atoms with Gasteiger partial charge in [0.2, 0.25) is 0 Å². The first-order valence-corrected chi connectivity index (χ1v) is 8.46. The van der Waals surface area contributed by atoms with Crippen molar-refractivity contribution in [3.63, 3.8) is 0 Å². The van der Waals surface area contributed by atoms with Crippen LogP contribution in [0.4, 0.5) is 24.5 Å². The maximum atomic E-state index is 13.6. The first-order chi connectivity index (χ1) is 13.9. The van der Waals surface area contributed by atoms with Gasteiger partial charge in [-0.15, -0.1) is 0 Å². The molecule has 0 heterocycles. The van der Waals surface area contributed by atoms with Crippen molar-refractivity contribution >= 4 is 23.2 Å². The Labute approximate surface area is 164 Å². The van der Waals surface area contributed by atoms with Gasteiger partial charge in [-0.2, -0.15) is 0 Å². The van der Waals surface area contributed by atoms with Gasteiger partial charge < -0.3 is 15.4 Å². The first kappa shape index (κ1) is 19.9. The van der Waals surface area contributed by atoms with Crippen LogP contribution in [0.1, 0.15) is 10.4 Å². The van der Waals surface area contributed by atoms with Crippen LogP contribution in [0, 0.1) is 17.5 Å². The van der Waals surface area contributed by atoms with Crippen molar-refractivity contribution in [1.29, 1.82) is 0 Å². The maximum absolute atomic E-state index is 13.6. The minimum atomic E-state index is -1.10. The zero-order chi connectivity index (χ0) is 20.8. The molecule has 2 amide bonds. The Balaban J connectivity index is 1.66. The van der Waals surface area contributed by atoms with E-state index in [1.165, 1.54) is 36.4 Å². The van der Waals surface area contributed by atoms with E-state index in [4.69, 9.17) is 4.74 Å². The summed E-state index contributed by atoms with van der Waals surface area (Å²) in [4.78, 5) is 24.5. The lowest BCUT2D eigenvalue weighted by Crippen LogP contribution is -2.22. The summed E-state index contributed by atoms with van der Waals surface area (Å²) in [6.07, 6.45) is 0. The molecule has 0 aliphatic heterocycles. The summed E-state index contributed by atoms with van der Waals surface area (Å²) in [6, 6.07) is 14.7. The van der Waals surface area contributed by atoms with E-state index in [2.05, 4.69) is 10.6 Å². The molecule has 0 unspecified atom stereocenters. The van der Waals surface area contributed by atoms with Gasteiger partial charge in [-0.3, -0.25) is 9.59 Å². The molecule has 148 valence electrons. The Morgan fingerprint density at radius 2 is 1.52 bits per heavy atom. The monoisotopic (exact) mass is 400 g/mol. The molecular weight excluding hydrogens is 385 g/mol. The van der Waals surface area contributed by atoms with Gasteiger partial charge in [-0.05, 0) is 36.4 Å². The standard InChI is InChI=1S/C21H15F3N2O3/c22-15-10-9-13(11-17(15)24)25-21(28)14-5-1-4-8-19(14)29-12-20(27)26-18-7-3-2-6-16(18)23/h1-11H,12H2,(H,25,28)(H,26,27). The molecule has 0 aromatic heterocycles. The number of benzene rings is 3. The lowest BCUT2D eigenvalue weighted by molar-refractivity contribution is -0.118. The first-order valence-electron chi connectivity index (χ1n) is 8.46. The molecule has 0 saturated heterocycles. The molecule has 2 N–H and O–H groups in total. The zero-order valence-electron chi connectivity index (χ0n) is 14.9. The van der Waals surface area contributed by atoms with Crippen LogP contribution in [-0.2, 0) is 4.79 Å². The molecule has 0 spiro atoms. The summed E-state index contributed by atoms with van der Waals surface area (Å²) in [7, 11) is 0. The molecule has 0 saturated carbocycles. The third-order valence-electron chi connectivity index (χ3n) is 3.82. The number of rotatable bonds is 6. The van der Waals surface area contributed by atoms with E-state index in [-0.39, 0.29) is 22.7 Å². The lowest BCUT2D eigenvalue weighted by Gasteiger charge is -2.12. The van der Waals surface area contributed by atoms with Crippen molar-refractivity contribution in [2.24, 2.45) is 0 Å². The Bertz CT molecular complexity index is 1060. The van der Waals surface area contributed by atoms with Crippen LogP contribution in [-0.4, -0.2) is 18.4 Å². The van der Waals surface area contributed by atoms with Crippen LogP contribution in [0.15, 0.2) is 66.7 Å².